The Balaban J connectivity index is 1.47. The van der Waals surface area contributed by atoms with Crippen LogP contribution in [0.25, 0.3) is 5.82 Å². The molecule has 2 aromatic heterocycles. The van der Waals surface area contributed by atoms with Gasteiger partial charge in [0, 0.05) is 37.6 Å². The summed E-state index contributed by atoms with van der Waals surface area (Å²) in [6, 6.07) is 6.71. The maximum Gasteiger partial charge on any atom is 0.229 e. The molecule has 0 bridgehead atoms. The Morgan fingerprint density at radius 1 is 1.18 bits per heavy atom. The molecular weight excluding hydrogens is 366 g/mol. The molecule has 1 aromatic carbocycles. The fourth-order valence-electron chi connectivity index (χ4n) is 3.26. The van der Waals surface area contributed by atoms with E-state index in [1.165, 1.54) is 12.4 Å². The second-order valence-electron chi connectivity index (χ2n) is 6.58. The Hall–Kier alpha value is -3.36. The van der Waals surface area contributed by atoms with Gasteiger partial charge in [0.15, 0.2) is 5.82 Å². The molecule has 0 saturated carbocycles. The normalized spacial score (nSPS) is 16.8. The number of hydrogen-bond donors (Lipinski definition) is 1. The molecule has 0 aliphatic carbocycles. The van der Waals surface area contributed by atoms with Crippen molar-refractivity contribution in [1.29, 1.82) is 0 Å². The van der Waals surface area contributed by atoms with E-state index in [0.29, 0.717) is 24.6 Å². The summed E-state index contributed by atoms with van der Waals surface area (Å²) in [6.45, 7) is 1.20. The third-order valence-electron chi connectivity index (χ3n) is 4.68. The molecule has 1 aliphatic heterocycles. The maximum absolute atomic E-state index is 13.8. The molecule has 4 rings (SSSR count). The lowest BCUT2D eigenvalue weighted by atomic mass is 9.97. The van der Waals surface area contributed by atoms with Crippen molar-refractivity contribution in [1.82, 2.24) is 19.7 Å². The third kappa shape index (κ3) is 3.83. The lowest BCUT2D eigenvalue weighted by Gasteiger charge is -2.32. The molecular formula is C19H18F2N6O. The summed E-state index contributed by atoms with van der Waals surface area (Å²) in [5, 5.41) is 6.72. The highest BCUT2D eigenvalue weighted by Gasteiger charge is 2.27. The lowest BCUT2D eigenvalue weighted by molar-refractivity contribution is -0.120. The Bertz CT molecular complexity index is 978. The van der Waals surface area contributed by atoms with Gasteiger partial charge in [-0.2, -0.15) is 5.10 Å². The van der Waals surface area contributed by atoms with Crippen molar-refractivity contribution in [2.24, 2.45) is 5.92 Å². The van der Waals surface area contributed by atoms with E-state index in [4.69, 9.17) is 0 Å². The number of amides is 1. The van der Waals surface area contributed by atoms with Crippen LogP contribution in [0.1, 0.15) is 12.8 Å². The number of carbonyl (C=O) groups excluding carboxylic acids is 1. The summed E-state index contributed by atoms with van der Waals surface area (Å²) < 4.78 is 28.5. The topological polar surface area (TPSA) is 75.9 Å². The summed E-state index contributed by atoms with van der Waals surface area (Å²) in [7, 11) is 0. The number of nitrogens with one attached hydrogen (secondary N) is 1. The first kappa shape index (κ1) is 18.0. The molecule has 3 heterocycles. The number of carbonyl (C=O) groups is 1. The fraction of sp³-hybridized carbons (Fsp3) is 0.263. The predicted octanol–water partition coefficient (Wildman–Crippen LogP) is 2.80. The second-order valence-corrected chi connectivity index (χ2v) is 6.58. The van der Waals surface area contributed by atoms with Gasteiger partial charge in [0.1, 0.15) is 23.8 Å². The second kappa shape index (κ2) is 7.71. The van der Waals surface area contributed by atoms with Gasteiger partial charge in [-0.05, 0) is 31.0 Å². The third-order valence-corrected chi connectivity index (χ3v) is 4.68. The first-order chi connectivity index (χ1) is 13.6. The Labute approximate surface area is 160 Å². The van der Waals surface area contributed by atoms with Crippen molar-refractivity contribution in [2.45, 2.75) is 12.8 Å². The van der Waals surface area contributed by atoms with E-state index in [0.717, 1.165) is 25.1 Å². The monoisotopic (exact) mass is 384 g/mol. The first-order valence-corrected chi connectivity index (χ1v) is 8.93. The molecule has 1 aliphatic rings. The van der Waals surface area contributed by atoms with E-state index >= 15 is 0 Å². The van der Waals surface area contributed by atoms with Crippen LogP contribution >= 0.6 is 0 Å². The first-order valence-electron chi connectivity index (χ1n) is 8.93. The van der Waals surface area contributed by atoms with Gasteiger partial charge in [-0.3, -0.25) is 4.79 Å². The molecule has 9 heteroatoms. The van der Waals surface area contributed by atoms with Gasteiger partial charge in [0.05, 0.1) is 11.6 Å². The highest BCUT2D eigenvalue weighted by atomic mass is 19.1. The van der Waals surface area contributed by atoms with Crippen molar-refractivity contribution in [2.75, 3.05) is 23.3 Å². The smallest absolute Gasteiger partial charge is 0.229 e. The molecule has 1 N–H and O–H groups in total. The van der Waals surface area contributed by atoms with Crippen LogP contribution in [-0.2, 0) is 4.79 Å². The van der Waals surface area contributed by atoms with Crippen molar-refractivity contribution in [3.63, 3.8) is 0 Å². The average Bonchev–Trinajstić information content (AvgIpc) is 3.25. The van der Waals surface area contributed by atoms with Gasteiger partial charge >= 0.3 is 0 Å². The van der Waals surface area contributed by atoms with Crippen LogP contribution < -0.4 is 10.2 Å². The van der Waals surface area contributed by atoms with Crippen LogP contribution in [0, 0.1) is 17.6 Å². The SMILES string of the molecule is O=C(Nc1ccc(F)cc1F)C1CCCN(c2cc(-n3cccn3)ncn2)C1. The van der Waals surface area contributed by atoms with E-state index in [1.807, 2.05) is 11.0 Å². The molecule has 1 saturated heterocycles. The largest absolute Gasteiger partial charge is 0.356 e. The van der Waals surface area contributed by atoms with Crippen LogP contribution in [-0.4, -0.2) is 38.7 Å². The maximum atomic E-state index is 13.8. The summed E-state index contributed by atoms with van der Waals surface area (Å²) in [5.41, 5.74) is -0.0217. The number of hydrogen-bond acceptors (Lipinski definition) is 5. The molecule has 3 aromatic rings. The quantitative estimate of drug-likeness (QED) is 0.749. The zero-order valence-corrected chi connectivity index (χ0v) is 14.9. The summed E-state index contributed by atoms with van der Waals surface area (Å²) >= 11 is 0. The molecule has 28 heavy (non-hydrogen) atoms. The minimum absolute atomic E-state index is 0.0217. The van der Waals surface area contributed by atoms with Crippen LogP contribution in [0.5, 0.6) is 0 Å². The number of aromatic nitrogens is 4. The highest BCUT2D eigenvalue weighted by molar-refractivity contribution is 5.93. The zero-order chi connectivity index (χ0) is 19.5. The van der Waals surface area contributed by atoms with Gasteiger partial charge in [-0.25, -0.2) is 23.4 Å². The summed E-state index contributed by atoms with van der Waals surface area (Å²) in [5.74, 6) is -0.768. The summed E-state index contributed by atoms with van der Waals surface area (Å²) in [6.07, 6.45) is 6.39. The van der Waals surface area contributed by atoms with Gasteiger partial charge in [-0.1, -0.05) is 0 Å². The van der Waals surface area contributed by atoms with E-state index in [9.17, 15) is 13.6 Å². The molecule has 1 unspecified atom stereocenters. The van der Waals surface area contributed by atoms with Gasteiger partial charge in [-0.15, -0.1) is 0 Å². The van der Waals surface area contributed by atoms with E-state index < -0.39 is 11.6 Å². The van der Waals surface area contributed by atoms with Gasteiger partial charge in [0.25, 0.3) is 0 Å². The minimum atomic E-state index is -0.791. The highest BCUT2D eigenvalue weighted by Crippen LogP contribution is 2.24. The number of nitrogens with zero attached hydrogens (tertiary/aromatic N) is 5. The van der Waals surface area contributed by atoms with Crippen LogP contribution in [0.4, 0.5) is 20.3 Å². The molecule has 144 valence electrons. The Kier molecular flexibility index (Phi) is 4.96. The van der Waals surface area contributed by atoms with Gasteiger partial charge in [0.2, 0.25) is 5.91 Å². The zero-order valence-electron chi connectivity index (χ0n) is 14.9. The number of anilines is 2. The standard InChI is InChI=1S/C19H18F2N6O/c20-14-4-5-16(15(21)9-14)25-19(28)13-3-1-7-26(11-13)17-10-18(23-12-22-17)27-8-2-6-24-27/h2,4-6,8-10,12-13H,1,3,7,11H2,(H,25,28). The molecule has 1 amide bonds. The van der Waals surface area contributed by atoms with E-state index in [2.05, 4.69) is 20.4 Å². The summed E-state index contributed by atoms with van der Waals surface area (Å²) in [4.78, 5) is 23.1. The van der Waals surface area contributed by atoms with Crippen molar-refractivity contribution in [3.8, 4) is 5.82 Å². The minimum Gasteiger partial charge on any atom is -0.356 e. The van der Waals surface area contributed by atoms with E-state index in [-0.39, 0.29) is 17.5 Å². The molecule has 7 nitrogen and oxygen atoms in total. The van der Waals surface area contributed by atoms with Crippen molar-refractivity contribution < 1.29 is 13.6 Å². The van der Waals surface area contributed by atoms with Crippen molar-refractivity contribution in [3.05, 3.63) is 60.7 Å². The molecule has 0 spiro atoms. The Morgan fingerprint density at radius 2 is 2.04 bits per heavy atom. The van der Waals surface area contributed by atoms with Crippen LogP contribution in [0.15, 0.2) is 49.1 Å². The number of halogens is 2. The predicted molar refractivity (Wildman–Crippen MR) is 99.1 cm³/mol. The molecule has 1 fully saturated rings. The van der Waals surface area contributed by atoms with Crippen LogP contribution in [0.2, 0.25) is 0 Å². The molecule has 0 radical (unpaired) electrons. The van der Waals surface area contributed by atoms with Crippen LogP contribution in [0.3, 0.4) is 0 Å². The van der Waals surface area contributed by atoms with Gasteiger partial charge < -0.3 is 10.2 Å². The Morgan fingerprint density at radius 3 is 2.82 bits per heavy atom. The van der Waals surface area contributed by atoms with Crippen molar-refractivity contribution >= 4 is 17.4 Å². The molecule has 1 atom stereocenters. The fourth-order valence-corrected chi connectivity index (χ4v) is 3.26. The number of piperidine rings is 1. The van der Waals surface area contributed by atoms with E-state index in [1.54, 1.807) is 23.1 Å². The number of rotatable bonds is 4. The average molecular weight is 384 g/mol. The number of benzene rings is 1. The lowest BCUT2D eigenvalue weighted by Crippen LogP contribution is -2.41.